The lowest BCUT2D eigenvalue weighted by Gasteiger charge is -2.41. The van der Waals surface area contributed by atoms with Gasteiger partial charge in [0.25, 0.3) is 5.91 Å². The van der Waals surface area contributed by atoms with Gasteiger partial charge in [-0.2, -0.15) is 0 Å². The molecule has 10 heteroatoms. The monoisotopic (exact) mass is 638 g/mol. The summed E-state index contributed by atoms with van der Waals surface area (Å²) in [6, 6.07) is 20.2. The van der Waals surface area contributed by atoms with E-state index in [4.69, 9.17) is 32.7 Å². The number of benzene rings is 3. The van der Waals surface area contributed by atoms with Gasteiger partial charge in [-0.15, -0.1) is 0 Å². The highest BCUT2D eigenvalue weighted by molar-refractivity contribution is 6.30. The molecule has 2 atom stereocenters. The van der Waals surface area contributed by atoms with Crippen LogP contribution in [0.3, 0.4) is 0 Å². The summed E-state index contributed by atoms with van der Waals surface area (Å²) in [6.07, 6.45) is -0.154. The number of carbonyl (C=O) groups is 2. The number of rotatable bonds is 8. The predicted molar refractivity (Wildman–Crippen MR) is 173 cm³/mol. The van der Waals surface area contributed by atoms with E-state index < -0.39 is 5.66 Å². The fraction of sp³-hybridized carbons (Fsp3) is 0.412. The average Bonchev–Trinajstić information content (AvgIpc) is 3.42. The number of amides is 2. The lowest BCUT2D eigenvalue weighted by Crippen LogP contribution is -2.62. The van der Waals surface area contributed by atoms with Gasteiger partial charge in [0.05, 0.1) is 25.3 Å². The molecule has 5 rings (SSSR count). The first kappa shape index (κ1) is 32.1. The van der Waals surface area contributed by atoms with Gasteiger partial charge >= 0.3 is 0 Å². The van der Waals surface area contributed by atoms with E-state index in [0.29, 0.717) is 53.3 Å². The van der Waals surface area contributed by atoms with Crippen molar-refractivity contribution in [1.29, 1.82) is 0 Å². The number of halogens is 2. The standard InChI is InChI=1S/C34H40Cl2N4O4/c1-21(2)32(41)39-16-18-40(19-17-39)33(42)34(28-15-14-27(43-5)20-29(28)44-22(3)4)37-30(23-6-10-25(35)11-7-23)31(38-34)24-8-12-26(36)13-9-24/h6-15,20-22,30-31,37-38H,16-19H2,1-5H3. The van der Waals surface area contributed by atoms with Crippen LogP contribution in [-0.2, 0) is 15.3 Å². The molecule has 44 heavy (non-hydrogen) atoms. The number of nitrogens with zero attached hydrogens (tertiary/aromatic N) is 2. The first-order valence-corrected chi connectivity index (χ1v) is 15.8. The van der Waals surface area contributed by atoms with Gasteiger partial charge in [-0.3, -0.25) is 20.2 Å². The van der Waals surface area contributed by atoms with Gasteiger partial charge in [-0.25, -0.2) is 0 Å². The van der Waals surface area contributed by atoms with Crippen molar-refractivity contribution in [2.75, 3.05) is 33.3 Å². The Hall–Kier alpha value is -3.30. The zero-order valence-corrected chi connectivity index (χ0v) is 27.3. The van der Waals surface area contributed by atoms with Crippen LogP contribution in [0, 0.1) is 5.92 Å². The first-order chi connectivity index (χ1) is 21.0. The largest absolute Gasteiger partial charge is 0.497 e. The fourth-order valence-electron chi connectivity index (χ4n) is 5.98. The molecule has 2 unspecified atom stereocenters. The highest BCUT2D eigenvalue weighted by Gasteiger charge is 2.54. The van der Waals surface area contributed by atoms with Gasteiger partial charge in [0.1, 0.15) is 11.5 Å². The summed E-state index contributed by atoms with van der Waals surface area (Å²) in [7, 11) is 1.60. The van der Waals surface area contributed by atoms with Gasteiger partial charge in [-0.05, 0) is 61.4 Å². The molecule has 3 aromatic carbocycles. The smallest absolute Gasteiger partial charge is 0.262 e. The molecule has 0 aliphatic carbocycles. The van der Waals surface area contributed by atoms with Crippen molar-refractivity contribution < 1.29 is 19.1 Å². The van der Waals surface area contributed by atoms with Crippen LogP contribution in [0.15, 0.2) is 66.7 Å². The van der Waals surface area contributed by atoms with E-state index in [1.807, 2.05) is 104 Å². The second-order valence-corrected chi connectivity index (χ2v) is 12.8. The minimum absolute atomic E-state index is 0.0947. The minimum atomic E-state index is -1.38. The minimum Gasteiger partial charge on any atom is -0.497 e. The molecule has 8 nitrogen and oxygen atoms in total. The molecule has 0 saturated carbocycles. The molecule has 2 amide bonds. The quantitative estimate of drug-likeness (QED) is 0.318. The SMILES string of the molecule is COc1ccc(C2(C(=O)N3CCN(C(=O)C(C)C)CC3)NC(c3ccc(Cl)cc3)C(c3ccc(Cl)cc3)N2)c(OC(C)C)c1. The zero-order valence-electron chi connectivity index (χ0n) is 25.8. The summed E-state index contributed by atoms with van der Waals surface area (Å²) < 4.78 is 11.9. The number of hydrogen-bond donors (Lipinski definition) is 2. The van der Waals surface area contributed by atoms with Gasteiger partial charge < -0.3 is 19.3 Å². The Kier molecular flexibility index (Phi) is 9.75. The van der Waals surface area contributed by atoms with E-state index in [-0.39, 0.29) is 35.9 Å². The van der Waals surface area contributed by atoms with Crippen LogP contribution < -0.4 is 20.1 Å². The lowest BCUT2D eigenvalue weighted by atomic mass is 9.95. The Bertz CT molecular complexity index is 1420. The topological polar surface area (TPSA) is 83.1 Å². The summed E-state index contributed by atoms with van der Waals surface area (Å²) in [5.74, 6) is 1.000. The van der Waals surface area contributed by atoms with Crippen molar-refractivity contribution in [2.24, 2.45) is 5.92 Å². The normalized spacial score (nSPS) is 22.0. The molecule has 3 aromatic rings. The van der Waals surface area contributed by atoms with E-state index >= 15 is 0 Å². The average molecular weight is 640 g/mol. The van der Waals surface area contributed by atoms with Gasteiger partial charge in [-0.1, -0.05) is 61.3 Å². The van der Waals surface area contributed by atoms with Crippen molar-refractivity contribution in [2.45, 2.75) is 51.5 Å². The third-order valence-electron chi connectivity index (χ3n) is 8.18. The van der Waals surface area contributed by atoms with Crippen LogP contribution >= 0.6 is 23.2 Å². The Morgan fingerprint density at radius 2 is 1.30 bits per heavy atom. The number of nitrogens with one attached hydrogen (secondary N) is 2. The maximum absolute atomic E-state index is 15.0. The molecule has 0 spiro atoms. The molecule has 0 aromatic heterocycles. The number of hydrogen-bond acceptors (Lipinski definition) is 6. The van der Waals surface area contributed by atoms with Crippen molar-refractivity contribution in [1.82, 2.24) is 20.4 Å². The number of piperazine rings is 1. The molecule has 2 heterocycles. The van der Waals surface area contributed by atoms with E-state index in [1.54, 1.807) is 7.11 Å². The van der Waals surface area contributed by atoms with Gasteiger partial charge in [0.15, 0.2) is 5.66 Å². The maximum Gasteiger partial charge on any atom is 0.262 e. The van der Waals surface area contributed by atoms with Crippen molar-refractivity contribution in [3.63, 3.8) is 0 Å². The van der Waals surface area contributed by atoms with Crippen LogP contribution in [0.25, 0.3) is 0 Å². The van der Waals surface area contributed by atoms with E-state index in [1.165, 1.54) is 0 Å². The molecule has 2 aliphatic rings. The molecule has 2 saturated heterocycles. The van der Waals surface area contributed by atoms with Gasteiger partial charge in [0, 0.05) is 53.8 Å². The highest BCUT2D eigenvalue weighted by atomic mass is 35.5. The van der Waals surface area contributed by atoms with Crippen LogP contribution in [0.5, 0.6) is 11.5 Å². The number of carbonyl (C=O) groups excluding carboxylic acids is 2. The van der Waals surface area contributed by atoms with Crippen LogP contribution in [-0.4, -0.2) is 61.0 Å². The van der Waals surface area contributed by atoms with Crippen molar-refractivity contribution >= 4 is 35.0 Å². The van der Waals surface area contributed by atoms with Crippen LogP contribution in [0.2, 0.25) is 10.0 Å². The van der Waals surface area contributed by atoms with Crippen LogP contribution in [0.1, 0.15) is 56.5 Å². The lowest BCUT2D eigenvalue weighted by molar-refractivity contribution is -0.146. The molecule has 0 bridgehead atoms. The first-order valence-electron chi connectivity index (χ1n) is 15.0. The molecule has 2 N–H and O–H groups in total. The molecule has 0 radical (unpaired) electrons. The molecule has 234 valence electrons. The molecular weight excluding hydrogens is 599 g/mol. The zero-order chi connectivity index (χ0) is 31.6. The Balaban J connectivity index is 1.63. The van der Waals surface area contributed by atoms with E-state index in [2.05, 4.69) is 10.6 Å². The third-order valence-corrected chi connectivity index (χ3v) is 8.69. The highest BCUT2D eigenvalue weighted by Crippen LogP contribution is 2.45. The molecule has 2 fully saturated rings. The summed E-state index contributed by atoms with van der Waals surface area (Å²) in [6.45, 7) is 9.46. The van der Waals surface area contributed by atoms with E-state index in [0.717, 1.165) is 11.1 Å². The summed E-state index contributed by atoms with van der Waals surface area (Å²) in [5.41, 5.74) is 1.19. The maximum atomic E-state index is 15.0. The predicted octanol–water partition coefficient (Wildman–Crippen LogP) is 5.94. The fourth-order valence-corrected chi connectivity index (χ4v) is 6.24. The second-order valence-electron chi connectivity index (χ2n) is 11.9. The van der Waals surface area contributed by atoms with Crippen molar-refractivity contribution in [3.8, 4) is 11.5 Å². The number of methoxy groups -OCH3 is 1. The third kappa shape index (κ3) is 6.54. The Morgan fingerprint density at radius 3 is 1.75 bits per heavy atom. The molecule has 2 aliphatic heterocycles. The summed E-state index contributed by atoms with van der Waals surface area (Å²) in [4.78, 5) is 31.3. The second kappa shape index (κ2) is 13.4. The summed E-state index contributed by atoms with van der Waals surface area (Å²) >= 11 is 12.6. The molecular formula is C34H40Cl2N4O4. The van der Waals surface area contributed by atoms with Gasteiger partial charge in [0.2, 0.25) is 5.91 Å². The Morgan fingerprint density at radius 1 is 0.795 bits per heavy atom. The number of ether oxygens (including phenoxy) is 2. The summed E-state index contributed by atoms with van der Waals surface area (Å²) in [5, 5.41) is 8.73. The van der Waals surface area contributed by atoms with Crippen molar-refractivity contribution in [3.05, 3.63) is 93.5 Å². The van der Waals surface area contributed by atoms with Crippen LogP contribution in [0.4, 0.5) is 0 Å². The Labute approximate surface area is 269 Å². The van der Waals surface area contributed by atoms with E-state index in [9.17, 15) is 9.59 Å².